The van der Waals surface area contributed by atoms with Crippen LogP contribution in [0.4, 0.5) is 10.8 Å². The smallest absolute Gasteiger partial charge is 0.404 e. The summed E-state index contributed by atoms with van der Waals surface area (Å²) in [5.74, 6) is -0.0276. The Morgan fingerprint density at radius 1 is 1.24 bits per heavy atom. The van der Waals surface area contributed by atoms with Crippen LogP contribution < -0.4 is 10.5 Å². The lowest BCUT2D eigenvalue weighted by molar-refractivity contribution is 0.0787. The Bertz CT molecular complexity index is 1240. The topological polar surface area (TPSA) is 163 Å². The van der Waals surface area contributed by atoms with Gasteiger partial charge in [0.1, 0.15) is 6.10 Å². The molecule has 13 heteroatoms. The largest absolute Gasteiger partial charge is 0.446 e. The highest BCUT2D eigenvalue weighted by molar-refractivity contribution is 7.90. The van der Waals surface area contributed by atoms with Crippen molar-refractivity contribution in [1.82, 2.24) is 19.9 Å². The number of allylic oxidation sites excluding steroid dienone is 3. The molecule has 3 N–H and O–H groups in total. The van der Waals surface area contributed by atoms with Crippen molar-refractivity contribution >= 4 is 39.2 Å². The number of amides is 1. The molecule has 2 aromatic rings. The van der Waals surface area contributed by atoms with E-state index in [2.05, 4.69) is 24.9 Å². The van der Waals surface area contributed by atoms with E-state index in [4.69, 9.17) is 14.9 Å². The van der Waals surface area contributed by atoms with Crippen LogP contribution in [0, 0.1) is 0 Å². The second-order valence-corrected chi connectivity index (χ2v) is 11.6. The lowest BCUT2D eigenvalue weighted by atomic mass is 9.88. The Labute approximate surface area is 200 Å². The molecular formula is C21H24N6O5S2. The molecule has 0 aliphatic heterocycles. The van der Waals surface area contributed by atoms with Gasteiger partial charge >= 0.3 is 12.1 Å². The number of carbonyl (C=O) groups is 1. The summed E-state index contributed by atoms with van der Waals surface area (Å²) in [4.78, 5) is 20.8. The average Bonchev–Trinajstić information content (AvgIpc) is 3.35. The van der Waals surface area contributed by atoms with Crippen LogP contribution >= 0.6 is 11.3 Å². The number of aliphatic imine (C=N–C) groups is 1. The SMILES string of the molecule is NC(=O)OC1CCC(c2ncc(C3C=CC(=Nc4nnco4)C=C3NS(=O)(=O)C3CC3)s2)CC1. The van der Waals surface area contributed by atoms with Crippen LogP contribution in [0.3, 0.4) is 0 Å². The van der Waals surface area contributed by atoms with Crippen LogP contribution in [0.1, 0.15) is 60.2 Å². The van der Waals surface area contributed by atoms with Gasteiger partial charge in [-0.15, -0.1) is 16.4 Å². The number of aromatic nitrogens is 3. The van der Waals surface area contributed by atoms with Crippen molar-refractivity contribution in [3.63, 3.8) is 0 Å². The second kappa shape index (κ2) is 9.29. The minimum absolute atomic E-state index is 0.0924. The lowest BCUT2D eigenvalue weighted by Gasteiger charge is -2.26. The summed E-state index contributed by atoms with van der Waals surface area (Å²) in [7, 11) is -3.47. The fourth-order valence-corrected chi connectivity index (χ4v) is 6.81. The van der Waals surface area contributed by atoms with E-state index in [0.29, 0.717) is 24.3 Å². The molecular weight excluding hydrogens is 480 g/mol. The molecule has 2 saturated carbocycles. The maximum absolute atomic E-state index is 12.7. The lowest BCUT2D eigenvalue weighted by Crippen LogP contribution is -2.30. The molecule has 3 aliphatic carbocycles. The van der Waals surface area contributed by atoms with E-state index in [9.17, 15) is 13.2 Å². The van der Waals surface area contributed by atoms with Gasteiger partial charge in [0.2, 0.25) is 16.4 Å². The van der Waals surface area contributed by atoms with Crippen molar-refractivity contribution in [3.8, 4) is 0 Å². The predicted molar refractivity (Wildman–Crippen MR) is 124 cm³/mol. The first-order valence-corrected chi connectivity index (χ1v) is 13.4. The summed E-state index contributed by atoms with van der Waals surface area (Å²) in [6.45, 7) is 0. The van der Waals surface area contributed by atoms with Crippen LogP contribution in [0.2, 0.25) is 0 Å². The van der Waals surface area contributed by atoms with Crippen LogP contribution in [0.5, 0.6) is 0 Å². The van der Waals surface area contributed by atoms with Crippen molar-refractivity contribution < 1.29 is 22.4 Å². The normalized spacial score (nSPS) is 26.3. The Morgan fingerprint density at radius 2 is 2.03 bits per heavy atom. The molecule has 34 heavy (non-hydrogen) atoms. The predicted octanol–water partition coefficient (Wildman–Crippen LogP) is 3.04. The van der Waals surface area contributed by atoms with Gasteiger partial charge in [0.25, 0.3) is 0 Å². The van der Waals surface area contributed by atoms with Gasteiger partial charge in [-0.2, -0.15) is 4.99 Å². The molecule has 0 radical (unpaired) electrons. The van der Waals surface area contributed by atoms with Crippen molar-refractivity contribution in [2.75, 3.05) is 0 Å². The number of hydrogen-bond donors (Lipinski definition) is 2. The molecule has 0 spiro atoms. The third-order valence-corrected chi connectivity index (χ3v) is 9.16. The Balaban J connectivity index is 1.35. The van der Waals surface area contributed by atoms with E-state index in [1.54, 1.807) is 29.7 Å². The van der Waals surface area contributed by atoms with Crippen LogP contribution in [-0.2, 0) is 14.8 Å². The fourth-order valence-electron chi connectivity index (χ4n) is 4.18. The van der Waals surface area contributed by atoms with Crippen molar-refractivity contribution in [1.29, 1.82) is 0 Å². The number of thiazole rings is 1. The van der Waals surface area contributed by atoms with Crippen molar-refractivity contribution in [2.45, 2.75) is 61.7 Å². The van der Waals surface area contributed by atoms with Gasteiger partial charge in [-0.1, -0.05) is 11.2 Å². The first-order valence-electron chi connectivity index (χ1n) is 11.1. The van der Waals surface area contributed by atoms with Gasteiger partial charge in [-0.25, -0.2) is 18.2 Å². The summed E-state index contributed by atoms with van der Waals surface area (Å²) < 4.78 is 38.4. The standard InChI is InChI=1S/C21H24N6O5S2/c22-20(28)32-14-4-1-12(2-5-14)19-23-10-18(33-19)16-8-3-13(25-21-26-24-11-31-21)9-17(16)27-34(29,30)15-6-7-15/h3,8-12,14-16,27H,1-2,4-7H2,(H2,22,28). The molecule has 2 fully saturated rings. The quantitative estimate of drug-likeness (QED) is 0.581. The van der Waals surface area contributed by atoms with Gasteiger partial charge in [-0.05, 0) is 50.7 Å². The molecule has 1 atom stereocenters. The molecule has 5 rings (SSSR count). The number of hydrogen-bond acceptors (Lipinski definition) is 10. The number of nitrogens with one attached hydrogen (secondary N) is 1. The minimum Gasteiger partial charge on any atom is -0.446 e. The number of rotatable bonds is 7. The average molecular weight is 505 g/mol. The number of nitrogens with two attached hydrogens (primary N) is 1. The summed E-state index contributed by atoms with van der Waals surface area (Å²) in [5, 5.41) is 8.00. The van der Waals surface area contributed by atoms with Crippen LogP contribution in [0.15, 0.2) is 45.9 Å². The van der Waals surface area contributed by atoms with E-state index >= 15 is 0 Å². The highest BCUT2D eigenvalue weighted by Crippen LogP contribution is 2.40. The number of nitrogens with zero attached hydrogens (tertiary/aromatic N) is 4. The van der Waals surface area contributed by atoms with Crippen LogP contribution in [0.25, 0.3) is 0 Å². The maximum atomic E-state index is 12.7. The van der Waals surface area contributed by atoms with Crippen LogP contribution in [-0.4, -0.2) is 46.8 Å². The molecule has 2 heterocycles. The molecule has 0 aromatic carbocycles. The number of sulfonamides is 1. The highest BCUT2D eigenvalue weighted by atomic mass is 32.2. The van der Waals surface area contributed by atoms with E-state index < -0.39 is 16.1 Å². The molecule has 180 valence electrons. The number of primary amides is 1. The molecule has 0 saturated heterocycles. The third-order valence-electron chi connectivity index (χ3n) is 6.05. The third kappa shape index (κ3) is 5.20. The summed E-state index contributed by atoms with van der Waals surface area (Å²) in [6.07, 6.45) is 12.0. The molecule has 1 unspecified atom stereocenters. The monoisotopic (exact) mass is 504 g/mol. The molecule has 1 amide bonds. The molecule has 11 nitrogen and oxygen atoms in total. The first-order chi connectivity index (χ1) is 16.4. The highest BCUT2D eigenvalue weighted by Gasteiger charge is 2.37. The van der Waals surface area contributed by atoms with E-state index in [1.165, 1.54) is 6.39 Å². The van der Waals surface area contributed by atoms with Gasteiger partial charge in [0.15, 0.2) is 0 Å². The Morgan fingerprint density at radius 3 is 2.71 bits per heavy atom. The Hall–Kier alpha value is -3.06. The second-order valence-electron chi connectivity index (χ2n) is 8.55. The molecule has 3 aliphatic rings. The number of carbonyl (C=O) groups excluding carboxylic acids is 1. The van der Waals surface area contributed by atoms with E-state index in [-0.39, 0.29) is 29.2 Å². The zero-order valence-electron chi connectivity index (χ0n) is 18.2. The Kier molecular flexibility index (Phi) is 6.21. The first kappa shape index (κ1) is 22.7. The molecule has 2 aromatic heterocycles. The van der Waals surface area contributed by atoms with E-state index in [1.807, 2.05) is 6.08 Å². The maximum Gasteiger partial charge on any atom is 0.404 e. The van der Waals surface area contributed by atoms with Gasteiger partial charge in [-0.3, -0.25) is 4.72 Å². The van der Waals surface area contributed by atoms with Gasteiger partial charge < -0.3 is 14.9 Å². The van der Waals surface area contributed by atoms with Crippen molar-refractivity contribution in [3.05, 3.63) is 46.4 Å². The number of ether oxygens (including phenoxy) is 1. The van der Waals surface area contributed by atoms with Gasteiger partial charge in [0.05, 0.1) is 21.9 Å². The van der Waals surface area contributed by atoms with Crippen molar-refractivity contribution in [2.24, 2.45) is 10.7 Å². The minimum atomic E-state index is -3.47. The zero-order valence-corrected chi connectivity index (χ0v) is 19.8. The van der Waals surface area contributed by atoms with Gasteiger partial charge in [0, 0.05) is 22.7 Å². The zero-order chi connectivity index (χ0) is 23.7. The summed E-state index contributed by atoms with van der Waals surface area (Å²) in [5.41, 5.74) is 6.15. The van der Waals surface area contributed by atoms with E-state index in [0.717, 1.165) is 35.6 Å². The summed E-state index contributed by atoms with van der Waals surface area (Å²) in [6, 6.07) is 0.0924. The molecule has 0 bridgehead atoms. The fraction of sp³-hybridized carbons (Fsp3) is 0.476. The summed E-state index contributed by atoms with van der Waals surface area (Å²) >= 11 is 1.57.